The fourth-order valence-electron chi connectivity index (χ4n) is 1.38. The van der Waals surface area contributed by atoms with E-state index in [9.17, 15) is 4.79 Å². The van der Waals surface area contributed by atoms with E-state index in [4.69, 9.17) is 4.74 Å². The second-order valence-corrected chi connectivity index (χ2v) is 3.36. The van der Waals surface area contributed by atoms with Gasteiger partial charge in [-0.25, -0.2) is 0 Å². The minimum atomic E-state index is 0.0361. The zero-order chi connectivity index (χ0) is 10.2. The normalized spacial score (nSPS) is 16.1. The number of ether oxygens (including phenoxy) is 1. The third-order valence-corrected chi connectivity index (χ3v) is 2.19. The summed E-state index contributed by atoms with van der Waals surface area (Å²) < 4.78 is 4.83. The highest BCUT2D eigenvalue weighted by Gasteiger charge is 2.10. The Balaban J connectivity index is 1.97. The molecule has 0 aromatic rings. The number of rotatable bonds is 6. The molecule has 0 saturated carbocycles. The molecule has 80 valence electrons. The molecule has 14 heavy (non-hydrogen) atoms. The molecule has 4 nitrogen and oxygen atoms in total. The molecule has 0 spiro atoms. The second-order valence-electron chi connectivity index (χ2n) is 3.36. The van der Waals surface area contributed by atoms with Crippen LogP contribution in [0.4, 0.5) is 0 Å². The van der Waals surface area contributed by atoms with E-state index in [1.54, 1.807) is 7.11 Å². The molecular formula is C10H18N2O2. The molecule has 0 saturated heterocycles. The average molecular weight is 198 g/mol. The molecular weight excluding hydrogens is 180 g/mol. The first-order chi connectivity index (χ1) is 6.83. The molecule has 1 amide bonds. The van der Waals surface area contributed by atoms with Crippen LogP contribution in [0.5, 0.6) is 0 Å². The molecule has 0 bridgehead atoms. The van der Waals surface area contributed by atoms with E-state index in [0.717, 1.165) is 12.8 Å². The minimum Gasteiger partial charge on any atom is -0.383 e. The maximum Gasteiger partial charge on any atom is 0.234 e. The number of carbonyl (C=O) groups is 1. The topological polar surface area (TPSA) is 50.4 Å². The fourth-order valence-corrected chi connectivity index (χ4v) is 1.38. The van der Waals surface area contributed by atoms with Gasteiger partial charge in [-0.3, -0.25) is 4.79 Å². The molecule has 1 aliphatic rings. The van der Waals surface area contributed by atoms with Crippen molar-refractivity contribution in [2.75, 3.05) is 26.8 Å². The van der Waals surface area contributed by atoms with Crippen molar-refractivity contribution in [3.05, 3.63) is 12.2 Å². The van der Waals surface area contributed by atoms with Crippen molar-refractivity contribution in [1.82, 2.24) is 10.6 Å². The summed E-state index contributed by atoms with van der Waals surface area (Å²) in [6, 6.07) is 0.447. The summed E-state index contributed by atoms with van der Waals surface area (Å²) in [5.74, 6) is 0.0361. The number of methoxy groups -OCH3 is 1. The molecule has 4 heteroatoms. The zero-order valence-electron chi connectivity index (χ0n) is 8.58. The summed E-state index contributed by atoms with van der Waals surface area (Å²) >= 11 is 0. The lowest BCUT2D eigenvalue weighted by atomic mass is 10.2. The van der Waals surface area contributed by atoms with Gasteiger partial charge in [-0.15, -0.1) is 0 Å². The van der Waals surface area contributed by atoms with E-state index in [1.807, 2.05) is 0 Å². The third-order valence-electron chi connectivity index (χ3n) is 2.19. The molecule has 0 heterocycles. The Morgan fingerprint density at radius 3 is 2.86 bits per heavy atom. The monoisotopic (exact) mass is 198 g/mol. The highest BCUT2D eigenvalue weighted by atomic mass is 16.5. The Morgan fingerprint density at radius 2 is 2.21 bits per heavy atom. The predicted octanol–water partition coefficient (Wildman–Crippen LogP) is 0.0572. The molecule has 0 fully saturated rings. The van der Waals surface area contributed by atoms with Crippen LogP contribution in [-0.4, -0.2) is 38.8 Å². The van der Waals surface area contributed by atoms with Crippen molar-refractivity contribution in [2.24, 2.45) is 0 Å². The van der Waals surface area contributed by atoms with Crippen molar-refractivity contribution >= 4 is 5.91 Å². The maximum absolute atomic E-state index is 11.2. The van der Waals surface area contributed by atoms with Crippen molar-refractivity contribution in [2.45, 2.75) is 18.9 Å². The van der Waals surface area contributed by atoms with Gasteiger partial charge in [0, 0.05) is 19.7 Å². The number of amides is 1. The van der Waals surface area contributed by atoms with Crippen molar-refractivity contribution in [3.8, 4) is 0 Å². The zero-order valence-corrected chi connectivity index (χ0v) is 8.58. The first-order valence-corrected chi connectivity index (χ1v) is 4.97. The second kappa shape index (κ2) is 6.56. The Labute approximate surface area is 84.7 Å². The quantitative estimate of drug-likeness (QED) is 0.468. The Hall–Kier alpha value is -0.870. The van der Waals surface area contributed by atoms with Crippen LogP contribution >= 0.6 is 0 Å². The third kappa shape index (κ3) is 4.39. The highest BCUT2D eigenvalue weighted by molar-refractivity contribution is 5.77. The summed E-state index contributed by atoms with van der Waals surface area (Å²) in [7, 11) is 1.62. The van der Waals surface area contributed by atoms with E-state index < -0.39 is 0 Å². The largest absolute Gasteiger partial charge is 0.383 e. The molecule has 1 rings (SSSR count). The van der Waals surface area contributed by atoms with Gasteiger partial charge in [-0.2, -0.15) is 0 Å². The standard InChI is InChI=1S/C10H18N2O2/c1-14-7-6-11-10(13)8-12-9-4-2-3-5-9/h2-3,9,12H,4-8H2,1H3,(H,11,13). The van der Waals surface area contributed by atoms with Gasteiger partial charge in [-0.05, 0) is 12.8 Å². The van der Waals surface area contributed by atoms with Crippen LogP contribution in [0.25, 0.3) is 0 Å². The average Bonchev–Trinajstić information content (AvgIpc) is 2.68. The van der Waals surface area contributed by atoms with Gasteiger partial charge in [-0.1, -0.05) is 12.2 Å². The smallest absolute Gasteiger partial charge is 0.234 e. The van der Waals surface area contributed by atoms with Crippen LogP contribution in [0.3, 0.4) is 0 Å². The lowest BCUT2D eigenvalue weighted by Gasteiger charge is -2.11. The molecule has 0 atom stereocenters. The number of nitrogens with one attached hydrogen (secondary N) is 2. The van der Waals surface area contributed by atoms with E-state index in [1.165, 1.54) is 0 Å². The minimum absolute atomic E-state index is 0.0361. The molecule has 0 unspecified atom stereocenters. The van der Waals surface area contributed by atoms with Gasteiger partial charge in [0.2, 0.25) is 5.91 Å². The van der Waals surface area contributed by atoms with Crippen LogP contribution in [0.2, 0.25) is 0 Å². The van der Waals surface area contributed by atoms with Gasteiger partial charge in [0.1, 0.15) is 0 Å². The lowest BCUT2D eigenvalue weighted by molar-refractivity contribution is -0.120. The summed E-state index contributed by atoms with van der Waals surface area (Å²) in [4.78, 5) is 11.2. The summed E-state index contributed by atoms with van der Waals surface area (Å²) in [5.41, 5.74) is 0. The van der Waals surface area contributed by atoms with E-state index in [-0.39, 0.29) is 5.91 Å². The van der Waals surface area contributed by atoms with E-state index in [2.05, 4.69) is 22.8 Å². The van der Waals surface area contributed by atoms with Crippen molar-refractivity contribution in [3.63, 3.8) is 0 Å². The first kappa shape index (κ1) is 11.2. The van der Waals surface area contributed by atoms with Crippen LogP contribution < -0.4 is 10.6 Å². The maximum atomic E-state index is 11.2. The molecule has 0 aromatic heterocycles. The van der Waals surface area contributed by atoms with Crippen molar-refractivity contribution in [1.29, 1.82) is 0 Å². The summed E-state index contributed by atoms with van der Waals surface area (Å²) in [6.45, 7) is 1.55. The highest BCUT2D eigenvalue weighted by Crippen LogP contribution is 2.08. The van der Waals surface area contributed by atoms with Crippen LogP contribution in [0, 0.1) is 0 Å². The Kier molecular flexibility index (Phi) is 5.25. The summed E-state index contributed by atoms with van der Waals surface area (Å²) in [6.07, 6.45) is 6.34. The van der Waals surface area contributed by atoms with Crippen LogP contribution in [0.1, 0.15) is 12.8 Å². The molecule has 0 aromatic carbocycles. The lowest BCUT2D eigenvalue weighted by Crippen LogP contribution is -2.39. The Bertz CT molecular complexity index is 196. The molecule has 0 aliphatic heterocycles. The number of carbonyl (C=O) groups excluding carboxylic acids is 1. The number of hydrogen-bond donors (Lipinski definition) is 2. The summed E-state index contributed by atoms with van der Waals surface area (Å²) in [5, 5.41) is 5.95. The van der Waals surface area contributed by atoms with Gasteiger partial charge < -0.3 is 15.4 Å². The van der Waals surface area contributed by atoms with Gasteiger partial charge in [0.15, 0.2) is 0 Å². The van der Waals surface area contributed by atoms with Crippen LogP contribution in [0.15, 0.2) is 12.2 Å². The molecule has 0 radical (unpaired) electrons. The molecule has 1 aliphatic carbocycles. The van der Waals surface area contributed by atoms with E-state index in [0.29, 0.717) is 25.7 Å². The predicted molar refractivity (Wildman–Crippen MR) is 55.1 cm³/mol. The van der Waals surface area contributed by atoms with Gasteiger partial charge >= 0.3 is 0 Å². The van der Waals surface area contributed by atoms with E-state index >= 15 is 0 Å². The van der Waals surface area contributed by atoms with Crippen molar-refractivity contribution < 1.29 is 9.53 Å². The van der Waals surface area contributed by atoms with Crippen LogP contribution in [-0.2, 0) is 9.53 Å². The first-order valence-electron chi connectivity index (χ1n) is 4.97. The van der Waals surface area contributed by atoms with Gasteiger partial charge in [0.25, 0.3) is 0 Å². The SMILES string of the molecule is COCCNC(=O)CNC1CC=CC1. The number of hydrogen-bond acceptors (Lipinski definition) is 3. The van der Waals surface area contributed by atoms with Gasteiger partial charge in [0.05, 0.1) is 13.2 Å². The molecule has 2 N–H and O–H groups in total. The fraction of sp³-hybridized carbons (Fsp3) is 0.700. The Morgan fingerprint density at radius 1 is 1.50 bits per heavy atom.